The van der Waals surface area contributed by atoms with Crippen LogP contribution in [-0.4, -0.2) is 18.2 Å². The van der Waals surface area contributed by atoms with Crippen LogP contribution in [0.25, 0.3) is 0 Å². The van der Waals surface area contributed by atoms with Gasteiger partial charge in [0.2, 0.25) is 0 Å². The van der Waals surface area contributed by atoms with E-state index in [1.54, 1.807) is 0 Å². The third-order valence-corrected chi connectivity index (χ3v) is 2.74. The van der Waals surface area contributed by atoms with Crippen LogP contribution in [0.1, 0.15) is 32.3 Å². The van der Waals surface area contributed by atoms with Crippen LogP contribution >= 0.6 is 0 Å². The van der Waals surface area contributed by atoms with Gasteiger partial charge in [-0.2, -0.15) is 0 Å². The predicted molar refractivity (Wildman–Crippen MR) is 63.8 cm³/mol. The zero-order chi connectivity index (χ0) is 11.1. The van der Waals surface area contributed by atoms with Crippen molar-refractivity contribution in [1.82, 2.24) is 5.32 Å². The maximum Gasteiger partial charge on any atom is 0.0920 e. The minimum Gasteiger partial charge on any atom is -0.385 e. The number of benzene rings is 1. The van der Waals surface area contributed by atoms with Gasteiger partial charge in [0.15, 0.2) is 0 Å². The standard InChI is InChI=1S/C11H15NO.C2H6/c13-11(6-8-12-9-7-11)10-4-2-1-3-5-10;1-2/h1-5,12-13H,6-9H2;1-2H3. The van der Waals surface area contributed by atoms with Crippen LogP contribution < -0.4 is 5.32 Å². The average molecular weight is 207 g/mol. The predicted octanol–water partition coefficient (Wildman–Crippen LogP) is 2.28. The van der Waals surface area contributed by atoms with Crippen molar-refractivity contribution in [2.24, 2.45) is 0 Å². The van der Waals surface area contributed by atoms with Gasteiger partial charge < -0.3 is 10.4 Å². The molecule has 1 saturated heterocycles. The molecule has 0 bridgehead atoms. The molecule has 0 atom stereocenters. The van der Waals surface area contributed by atoms with Crippen LogP contribution in [0.2, 0.25) is 0 Å². The molecule has 0 aromatic heterocycles. The van der Waals surface area contributed by atoms with E-state index in [1.165, 1.54) is 0 Å². The van der Waals surface area contributed by atoms with E-state index in [1.807, 2.05) is 44.2 Å². The van der Waals surface area contributed by atoms with Gasteiger partial charge in [-0.05, 0) is 31.5 Å². The van der Waals surface area contributed by atoms with E-state index in [9.17, 15) is 5.11 Å². The van der Waals surface area contributed by atoms with Crippen molar-refractivity contribution in [1.29, 1.82) is 0 Å². The number of hydrogen-bond donors (Lipinski definition) is 2. The molecule has 15 heavy (non-hydrogen) atoms. The molecule has 0 amide bonds. The molecule has 1 aliphatic rings. The van der Waals surface area contributed by atoms with Crippen LogP contribution in [-0.2, 0) is 5.60 Å². The fraction of sp³-hybridized carbons (Fsp3) is 0.538. The Morgan fingerprint density at radius 3 is 2.13 bits per heavy atom. The van der Waals surface area contributed by atoms with E-state index in [2.05, 4.69) is 5.32 Å². The fourth-order valence-corrected chi connectivity index (χ4v) is 1.88. The first kappa shape index (κ1) is 12.2. The summed E-state index contributed by atoms with van der Waals surface area (Å²) in [5, 5.41) is 13.6. The van der Waals surface area contributed by atoms with Gasteiger partial charge in [-0.3, -0.25) is 0 Å². The molecular formula is C13H21NO. The lowest BCUT2D eigenvalue weighted by molar-refractivity contribution is 0.00594. The Morgan fingerprint density at radius 1 is 1.07 bits per heavy atom. The van der Waals surface area contributed by atoms with Crippen molar-refractivity contribution in [3.8, 4) is 0 Å². The molecule has 1 aliphatic heterocycles. The minimum absolute atomic E-state index is 0.591. The summed E-state index contributed by atoms with van der Waals surface area (Å²) >= 11 is 0. The largest absolute Gasteiger partial charge is 0.385 e. The van der Waals surface area contributed by atoms with Crippen LogP contribution in [0.5, 0.6) is 0 Å². The van der Waals surface area contributed by atoms with Gasteiger partial charge in [-0.1, -0.05) is 44.2 Å². The quantitative estimate of drug-likeness (QED) is 0.740. The summed E-state index contributed by atoms with van der Waals surface area (Å²) in [5.74, 6) is 0. The number of hydrogen-bond acceptors (Lipinski definition) is 2. The molecular weight excluding hydrogens is 186 g/mol. The third-order valence-electron chi connectivity index (χ3n) is 2.74. The SMILES string of the molecule is CC.OC1(c2ccccc2)CCNCC1. The second kappa shape index (κ2) is 5.89. The van der Waals surface area contributed by atoms with E-state index in [0.717, 1.165) is 31.5 Å². The number of rotatable bonds is 1. The summed E-state index contributed by atoms with van der Waals surface area (Å²) in [5.41, 5.74) is 0.462. The highest BCUT2D eigenvalue weighted by Gasteiger charge is 2.30. The van der Waals surface area contributed by atoms with E-state index < -0.39 is 5.60 Å². The van der Waals surface area contributed by atoms with Gasteiger partial charge >= 0.3 is 0 Å². The normalized spacial score (nSPS) is 18.9. The van der Waals surface area contributed by atoms with Crippen LogP contribution in [0.3, 0.4) is 0 Å². The van der Waals surface area contributed by atoms with Crippen LogP contribution in [0.4, 0.5) is 0 Å². The van der Waals surface area contributed by atoms with Crippen molar-refractivity contribution < 1.29 is 5.11 Å². The summed E-state index contributed by atoms with van der Waals surface area (Å²) in [7, 11) is 0. The molecule has 0 aliphatic carbocycles. The van der Waals surface area contributed by atoms with Crippen molar-refractivity contribution in [2.45, 2.75) is 32.3 Å². The lowest BCUT2D eigenvalue weighted by Crippen LogP contribution is -2.39. The third kappa shape index (κ3) is 3.05. The topological polar surface area (TPSA) is 32.3 Å². The summed E-state index contributed by atoms with van der Waals surface area (Å²) in [6.07, 6.45) is 1.63. The second-order valence-electron chi connectivity index (χ2n) is 3.65. The molecule has 2 heteroatoms. The molecule has 1 aromatic carbocycles. The molecule has 0 radical (unpaired) electrons. The molecule has 0 unspecified atom stereocenters. The number of nitrogens with one attached hydrogen (secondary N) is 1. The zero-order valence-electron chi connectivity index (χ0n) is 9.66. The smallest absolute Gasteiger partial charge is 0.0920 e. The maximum absolute atomic E-state index is 10.3. The lowest BCUT2D eigenvalue weighted by Gasteiger charge is -2.32. The monoisotopic (exact) mass is 207 g/mol. The van der Waals surface area contributed by atoms with Gasteiger partial charge in [-0.25, -0.2) is 0 Å². The molecule has 1 fully saturated rings. The first-order chi connectivity index (χ1) is 7.31. The van der Waals surface area contributed by atoms with E-state index in [-0.39, 0.29) is 0 Å². The Hall–Kier alpha value is -0.860. The van der Waals surface area contributed by atoms with Crippen molar-refractivity contribution >= 4 is 0 Å². The van der Waals surface area contributed by atoms with Crippen molar-refractivity contribution in [3.63, 3.8) is 0 Å². The number of aliphatic hydroxyl groups is 1. The van der Waals surface area contributed by atoms with E-state index >= 15 is 0 Å². The number of piperidine rings is 1. The first-order valence-electron chi connectivity index (χ1n) is 5.80. The Balaban J connectivity index is 0.000000531. The van der Waals surface area contributed by atoms with E-state index in [0.29, 0.717) is 0 Å². The minimum atomic E-state index is -0.591. The first-order valence-corrected chi connectivity index (χ1v) is 5.80. The molecule has 0 spiro atoms. The Bertz CT molecular complexity index is 265. The molecule has 2 N–H and O–H groups in total. The highest BCUT2D eigenvalue weighted by molar-refractivity contribution is 5.22. The molecule has 1 aromatic rings. The highest BCUT2D eigenvalue weighted by atomic mass is 16.3. The Morgan fingerprint density at radius 2 is 1.60 bits per heavy atom. The van der Waals surface area contributed by atoms with Crippen molar-refractivity contribution in [3.05, 3.63) is 35.9 Å². The average Bonchev–Trinajstić information content (AvgIpc) is 2.34. The zero-order valence-corrected chi connectivity index (χ0v) is 9.66. The Labute approximate surface area is 92.3 Å². The van der Waals surface area contributed by atoms with E-state index in [4.69, 9.17) is 0 Å². The van der Waals surface area contributed by atoms with Gasteiger partial charge in [0.25, 0.3) is 0 Å². The summed E-state index contributed by atoms with van der Waals surface area (Å²) in [4.78, 5) is 0. The van der Waals surface area contributed by atoms with Gasteiger partial charge in [-0.15, -0.1) is 0 Å². The highest BCUT2D eigenvalue weighted by Crippen LogP contribution is 2.29. The van der Waals surface area contributed by atoms with Crippen molar-refractivity contribution in [2.75, 3.05) is 13.1 Å². The van der Waals surface area contributed by atoms with Gasteiger partial charge in [0.05, 0.1) is 5.60 Å². The van der Waals surface area contributed by atoms with Gasteiger partial charge in [0.1, 0.15) is 0 Å². The maximum atomic E-state index is 10.3. The molecule has 0 saturated carbocycles. The molecule has 2 rings (SSSR count). The summed E-state index contributed by atoms with van der Waals surface area (Å²) in [6.45, 7) is 5.82. The molecule has 2 nitrogen and oxygen atoms in total. The lowest BCUT2D eigenvalue weighted by atomic mass is 9.85. The molecule has 1 heterocycles. The second-order valence-corrected chi connectivity index (χ2v) is 3.65. The summed E-state index contributed by atoms with van der Waals surface area (Å²) in [6, 6.07) is 9.95. The van der Waals surface area contributed by atoms with Crippen LogP contribution in [0.15, 0.2) is 30.3 Å². The molecule has 84 valence electrons. The summed E-state index contributed by atoms with van der Waals surface area (Å²) < 4.78 is 0. The fourth-order valence-electron chi connectivity index (χ4n) is 1.88. The van der Waals surface area contributed by atoms with Crippen LogP contribution in [0, 0.1) is 0 Å². The van der Waals surface area contributed by atoms with Gasteiger partial charge in [0, 0.05) is 0 Å². The Kier molecular flexibility index (Phi) is 4.79.